The van der Waals surface area contributed by atoms with Gasteiger partial charge < -0.3 is 14.2 Å². The quantitative estimate of drug-likeness (QED) is 0.594. The van der Waals surface area contributed by atoms with Gasteiger partial charge in [0.25, 0.3) is 0 Å². The van der Waals surface area contributed by atoms with Crippen LogP contribution in [0.5, 0.6) is 11.5 Å². The second-order valence-electron chi connectivity index (χ2n) is 3.38. The van der Waals surface area contributed by atoms with E-state index >= 15 is 0 Å². The van der Waals surface area contributed by atoms with Crippen LogP contribution in [0.4, 0.5) is 0 Å². The van der Waals surface area contributed by atoms with Gasteiger partial charge in [-0.15, -0.1) is 0 Å². The van der Waals surface area contributed by atoms with E-state index in [1.807, 2.05) is 31.2 Å². The van der Waals surface area contributed by atoms with Gasteiger partial charge in [-0.25, -0.2) is 0 Å². The molecule has 0 N–H and O–H groups in total. The van der Waals surface area contributed by atoms with E-state index in [2.05, 4.69) is 15.9 Å². The molecule has 0 spiro atoms. The van der Waals surface area contributed by atoms with Gasteiger partial charge in [0.2, 0.25) is 0 Å². The van der Waals surface area contributed by atoms with Crippen LogP contribution in [0, 0.1) is 0 Å². The lowest BCUT2D eigenvalue weighted by Gasteiger charge is -2.11. The zero-order valence-electron chi connectivity index (χ0n) is 10.3. The number of methoxy groups -OCH3 is 2. The van der Waals surface area contributed by atoms with Crippen molar-refractivity contribution in [3.63, 3.8) is 0 Å². The van der Waals surface area contributed by atoms with Crippen LogP contribution >= 0.6 is 15.9 Å². The van der Waals surface area contributed by atoms with E-state index in [1.165, 1.54) is 0 Å². The zero-order chi connectivity index (χ0) is 12.7. The van der Waals surface area contributed by atoms with Gasteiger partial charge in [-0.3, -0.25) is 0 Å². The molecule has 0 bridgehead atoms. The van der Waals surface area contributed by atoms with E-state index < -0.39 is 0 Å². The molecule has 0 aromatic heterocycles. The average Bonchev–Trinajstić information content (AvgIpc) is 2.35. The summed E-state index contributed by atoms with van der Waals surface area (Å²) in [7, 11) is 3.24. The van der Waals surface area contributed by atoms with Crippen molar-refractivity contribution >= 4 is 15.9 Å². The monoisotopic (exact) mass is 300 g/mol. The van der Waals surface area contributed by atoms with Gasteiger partial charge in [-0.1, -0.05) is 28.1 Å². The van der Waals surface area contributed by atoms with Crippen LogP contribution in [0.15, 0.2) is 28.8 Å². The highest BCUT2D eigenvalue weighted by molar-refractivity contribution is 9.10. The predicted octanol–water partition coefficient (Wildman–Crippen LogP) is 3.56. The second kappa shape index (κ2) is 7.35. The maximum Gasteiger partial charge on any atom is 0.161 e. The van der Waals surface area contributed by atoms with Gasteiger partial charge >= 0.3 is 0 Å². The summed E-state index contributed by atoms with van der Waals surface area (Å²) in [5, 5.41) is 0. The van der Waals surface area contributed by atoms with Gasteiger partial charge in [-0.05, 0) is 24.6 Å². The molecule has 3 nitrogen and oxygen atoms in total. The summed E-state index contributed by atoms with van der Waals surface area (Å²) in [5.41, 5.74) is 1.03. The third-order valence-electron chi connectivity index (χ3n) is 2.26. The van der Waals surface area contributed by atoms with E-state index in [0.29, 0.717) is 24.7 Å². The summed E-state index contributed by atoms with van der Waals surface area (Å²) in [6.07, 6.45) is 3.93. The number of ether oxygens (including phenoxy) is 3. The van der Waals surface area contributed by atoms with Crippen LogP contribution in [0.1, 0.15) is 12.5 Å². The Morgan fingerprint density at radius 2 is 1.82 bits per heavy atom. The number of hydrogen-bond donors (Lipinski definition) is 0. The molecule has 1 aromatic rings. The van der Waals surface area contributed by atoms with E-state index in [0.717, 1.165) is 10.0 Å². The first kappa shape index (κ1) is 14.1. The molecule has 0 saturated heterocycles. The Morgan fingerprint density at radius 1 is 1.18 bits per heavy atom. The molecule has 0 radical (unpaired) electrons. The standard InChI is InChI=1S/C13H17BrO3/c1-4-5-6-17-9-10-7-12(15-2)13(16-3)8-11(10)14/h4-5,7-8H,6,9H2,1-3H3/b5-4+. The Balaban J connectivity index is 2.78. The molecule has 0 aliphatic rings. The van der Waals surface area contributed by atoms with E-state index in [-0.39, 0.29) is 0 Å². The first-order chi connectivity index (χ1) is 8.22. The summed E-state index contributed by atoms with van der Waals surface area (Å²) in [4.78, 5) is 0. The fourth-order valence-electron chi connectivity index (χ4n) is 1.34. The molecule has 4 heteroatoms. The van der Waals surface area contributed by atoms with Crippen LogP contribution in [0.2, 0.25) is 0 Å². The highest BCUT2D eigenvalue weighted by atomic mass is 79.9. The first-order valence-corrected chi connectivity index (χ1v) is 6.11. The highest BCUT2D eigenvalue weighted by Crippen LogP contribution is 2.33. The Labute approximate surface area is 111 Å². The van der Waals surface area contributed by atoms with Gasteiger partial charge in [0.15, 0.2) is 11.5 Å². The van der Waals surface area contributed by atoms with E-state index in [9.17, 15) is 0 Å². The van der Waals surface area contributed by atoms with Crippen molar-refractivity contribution in [2.75, 3.05) is 20.8 Å². The lowest BCUT2D eigenvalue weighted by atomic mass is 10.2. The number of halogens is 1. The predicted molar refractivity (Wildman–Crippen MR) is 71.7 cm³/mol. The Bertz CT molecular complexity index is 388. The minimum atomic E-state index is 0.533. The van der Waals surface area contributed by atoms with Crippen molar-refractivity contribution in [2.45, 2.75) is 13.5 Å². The van der Waals surface area contributed by atoms with Crippen molar-refractivity contribution < 1.29 is 14.2 Å². The largest absolute Gasteiger partial charge is 0.493 e. The number of benzene rings is 1. The third-order valence-corrected chi connectivity index (χ3v) is 3.00. The fraction of sp³-hybridized carbons (Fsp3) is 0.385. The lowest BCUT2D eigenvalue weighted by Crippen LogP contribution is -1.97. The summed E-state index contributed by atoms with van der Waals surface area (Å²) in [5.74, 6) is 1.41. The molecule has 0 aliphatic carbocycles. The topological polar surface area (TPSA) is 27.7 Å². The van der Waals surface area contributed by atoms with Gasteiger partial charge in [-0.2, -0.15) is 0 Å². The summed E-state index contributed by atoms with van der Waals surface area (Å²) < 4.78 is 16.9. The maximum atomic E-state index is 5.50. The normalized spacial score (nSPS) is 10.8. The maximum absolute atomic E-state index is 5.50. The SMILES string of the molecule is C/C=C/COCc1cc(OC)c(OC)cc1Br. The molecule has 1 rings (SSSR count). The van der Waals surface area contributed by atoms with E-state index in [1.54, 1.807) is 14.2 Å². The summed E-state index contributed by atoms with van der Waals surface area (Å²) in [6.45, 7) is 3.11. The Hall–Kier alpha value is -1.00. The van der Waals surface area contributed by atoms with Crippen molar-refractivity contribution in [3.05, 3.63) is 34.3 Å². The van der Waals surface area contributed by atoms with Gasteiger partial charge in [0.1, 0.15) is 0 Å². The van der Waals surface area contributed by atoms with Crippen molar-refractivity contribution in [1.82, 2.24) is 0 Å². The molecule has 0 saturated carbocycles. The molecule has 0 aliphatic heterocycles. The fourth-order valence-corrected chi connectivity index (χ4v) is 1.78. The summed E-state index contributed by atoms with van der Waals surface area (Å²) in [6, 6.07) is 3.80. The second-order valence-corrected chi connectivity index (χ2v) is 4.24. The van der Waals surface area contributed by atoms with Crippen molar-refractivity contribution in [2.24, 2.45) is 0 Å². The van der Waals surface area contributed by atoms with Gasteiger partial charge in [0.05, 0.1) is 27.4 Å². The number of allylic oxidation sites excluding steroid dienone is 1. The lowest BCUT2D eigenvalue weighted by molar-refractivity contribution is 0.148. The molecule has 0 fully saturated rings. The van der Waals surface area contributed by atoms with Crippen LogP contribution in [-0.2, 0) is 11.3 Å². The summed E-state index contributed by atoms with van der Waals surface area (Å²) >= 11 is 3.49. The molecule has 0 amide bonds. The molecular weight excluding hydrogens is 284 g/mol. The van der Waals surface area contributed by atoms with Crippen molar-refractivity contribution in [3.8, 4) is 11.5 Å². The zero-order valence-corrected chi connectivity index (χ0v) is 11.9. The molecule has 0 unspecified atom stereocenters. The average molecular weight is 301 g/mol. The van der Waals surface area contributed by atoms with Crippen LogP contribution < -0.4 is 9.47 Å². The first-order valence-electron chi connectivity index (χ1n) is 5.32. The Morgan fingerprint density at radius 3 is 2.41 bits per heavy atom. The van der Waals surface area contributed by atoms with Crippen LogP contribution in [-0.4, -0.2) is 20.8 Å². The molecule has 1 aromatic carbocycles. The molecular formula is C13H17BrO3. The van der Waals surface area contributed by atoms with E-state index in [4.69, 9.17) is 14.2 Å². The number of rotatable bonds is 6. The van der Waals surface area contributed by atoms with Crippen LogP contribution in [0.3, 0.4) is 0 Å². The molecule has 17 heavy (non-hydrogen) atoms. The minimum Gasteiger partial charge on any atom is -0.493 e. The van der Waals surface area contributed by atoms with Gasteiger partial charge in [0, 0.05) is 4.47 Å². The molecule has 94 valence electrons. The Kier molecular flexibility index (Phi) is 6.08. The minimum absolute atomic E-state index is 0.533. The van der Waals surface area contributed by atoms with Crippen LogP contribution in [0.25, 0.3) is 0 Å². The third kappa shape index (κ3) is 4.06. The van der Waals surface area contributed by atoms with Crippen molar-refractivity contribution in [1.29, 1.82) is 0 Å². The molecule has 0 heterocycles. The smallest absolute Gasteiger partial charge is 0.161 e. The molecule has 0 atom stereocenters. The highest BCUT2D eigenvalue weighted by Gasteiger charge is 2.09. The number of hydrogen-bond acceptors (Lipinski definition) is 3.